The van der Waals surface area contributed by atoms with E-state index in [1.54, 1.807) is 13.1 Å². The molecule has 4 rings (SSSR count). The second-order valence-corrected chi connectivity index (χ2v) is 7.59. The number of fused-ring (bicyclic) bond motifs is 1. The van der Waals surface area contributed by atoms with Gasteiger partial charge in [0.15, 0.2) is 0 Å². The molecular formula is C23H25Cl2N3O3. The lowest BCUT2D eigenvalue weighted by atomic mass is 10.1. The van der Waals surface area contributed by atoms with Gasteiger partial charge in [-0.2, -0.15) is 0 Å². The average Bonchev–Trinajstić information content (AvgIpc) is 2.75. The number of aryl methyl sites for hydroxylation is 1. The van der Waals surface area contributed by atoms with Crippen LogP contribution in [-0.2, 0) is 9.47 Å². The van der Waals surface area contributed by atoms with Crippen LogP contribution in [0.25, 0.3) is 10.9 Å². The summed E-state index contributed by atoms with van der Waals surface area (Å²) in [6, 6.07) is 11.8. The zero-order valence-electron chi connectivity index (χ0n) is 17.5. The highest BCUT2D eigenvalue weighted by Gasteiger charge is 2.19. The van der Waals surface area contributed by atoms with E-state index in [1.807, 2.05) is 31.2 Å². The van der Waals surface area contributed by atoms with Crippen molar-refractivity contribution in [2.24, 2.45) is 0 Å². The summed E-state index contributed by atoms with van der Waals surface area (Å²) in [6.45, 7) is 7.27. The number of rotatable bonds is 5. The molecule has 0 unspecified atom stereocenters. The molecule has 1 aliphatic heterocycles. The summed E-state index contributed by atoms with van der Waals surface area (Å²) in [4.78, 5) is 19.4. The van der Waals surface area contributed by atoms with E-state index < -0.39 is 5.97 Å². The van der Waals surface area contributed by atoms with Gasteiger partial charge in [0.1, 0.15) is 5.56 Å². The van der Waals surface area contributed by atoms with E-state index in [1.165, 1.54) is 0 Å². The number of nitrogens with one attached hydrogen (secondary N) is 1. The zero-order valence-corrected chi connectivity index (χ0v) is 19.1. The first-order valence-electron chi connectivity index (χ1n) is 10.0. The van der Waals surface area contributed by atoms with Gasteiger partial charge in [0.05, 0.1) is 31.0 Å². The Kier molecular flexibility index (Phi) is 7.59. The molecule has 31 heavy (non-hydrogen) atoms. The number of carbonyl (C=O) groups excluding carboxylic acids is 1. The minimum absolute atomic E-state index is 0. The second-order valence-electron chi connectivity index (χ2n) is 7.16. The fourth-order valence-electron chi connectivity index (χ4n) is 3.66. The first kappa shape index (κ1) is 23.1. The molecule has 6 nitrogen and oxygen atoms in total. The molecule has 0 radical (unpaired) electrons. The van der Waals surface area contributed by atoms with Crippen LogP contribution in [0.2, 0.25) is 5.02 Å². The predicted octanol–water partition coefficient (Wildman–Crippen LogP) is 5.38. The number of nitrogens with zero attached hydrogens (tertiary/aromatic N) is 2. The summed E-state index contributed by atoms with van der Waals surface area (Å²) in [6.07, 6.45) is 1.56. The van der Waals surface area contributed by atoms with Crippen LogP contribution < -0.4 is 10.2 Å². The Balaban J connectivity index is 0.00000272. The van der Waals surface area contributed by atoms with Gasteiger partial charge < -0.3 is 19.7 Å². The van der Waals surface area contributed by atoms with Crippen LogP contribution in [0.4, 0.5) is 17.1 Å². The highest BCUT2D eigenvalue weighted by molar-refractivity contribution is 6.31. The molecule has 0 atom stereocenters. The number of hydrogen-bond donors (Lipinski definition) is 1. The van der Waals surface area contributed by atoms with Crippen molar-refractivity contribution >= 4 is 57.9 Å². The Morgan fingerprint density at radius 1 is 1.23 bits per heavy atom. The van der Waals surface area contributed by atoms with Crippen molar-refractivity contribution in [3.63, 3.8) is 0 Å². The lowest BCUT2D eigenvalue weighted by Crippen LogP contribution is -2.36. The molecule has 8 heteroatoms. The van der Waals surface area contributed by atoms with Gasteiger partial charge in [-0.1, -0.05) is 11.6 Å². The Morgan fingerprint density at radius 3 is 2.61 bits per heavy atom. The molecule has 3 aromatic rings. The maximum Gasteiger partial charge on any atom is 0.341 e. The number of carbonyl (C=O) groups is 1. The van der Waals surface area contributed by atoms with Crippen LogP contribution >= 0.6 is 24.0 Å². The highest BCUT2D eigenvalue weighted by Crippen LogP contribution is 2.33. The third-order valence-corrected chi connectivity index (χ3v) is 5.35. The molecular weight excluding hydrogens is 437 g/mol. The summed E-state index contributed by atoms with van der Waals surface area (Å²) in [5.41, 5.74) is 4.76. The number of aromatic nitrogens is 1. The minimum Gasteiger partial charge on any atom is -0.462 e. The maximum absolute atomic E-state index is 12.6. The van der Waals surface area contributed by atoms with E-state index in [4.69, 9.17) is 21.1 Å². The largest absolute Gasteiger partial charge is 0.462 e. The molecule has 1 N–H and O–H groups in total. The van der Waals surface area contributed by atoms with Gasteiger partial charge in [-0.25, -0.2) is 4.79 Å². The van der Waals surface area contributed by atoms with Crippen molar-refractivity contribution in [1.29, 1.82) is 0 Å². The van der Waals surface area contributed by atoms with Gasteiger partial charge in [0.25, 0.3) is 0 Å². The van der Waals surface area contributed by atoms with E-state index in [2.05, 4.69) is 27.3 Å². The van der Waals surface area contributed by atoms with E-state index in [-0.39, 0.29) is 12.4 Å². The van der Waals surface area contributed by atoms with Gasteiger partial charge in [0, 0.05) is 41.1 Å². The predicted molar refractivity (Wildman–Crippen MR) is 127 cm³/mol. The second kappa shape index (κ2) is 10.2. The quantitative estimate of drug-likeness (QED) is 0.514. The Bertz CT molecular complexity index is 1070. The third kappa shape index (κ3) is 5.03. The molecule has 0 aliphatic carbocycles. The molecule has 0 spiro atoms. The van der Waals surface area contributed by atoms with Gasteiger partial charge in [0.2, 0.25) is 0 Å². The van der Waals surface area contributed by atoms with Gasteiger partial charge >= 0.3 is 5.97 Å². The van der Waals surface area contributed by atoms with Crippen molar-refractivity contribution in [3.8, 4) is 0 Å². The van der Waals surface area contributed by atoms with Crippen molar-refractivity contribution in [3.05, 3.63) is 58.7 Å². The van der Waals surface area contributed by atoms with E-state index in [0.717, 1.165) is 54.1 Å². The molecule has 0 bridgehead atoms. The fourth-order valence-corrected chi connectivity index (χ4v) is 3.93. The first-order chi connectivity index (χ1) is 14.6. The molecule has 1 fully saturated rings. The molecule has 164 valence electrons. The molecule has 0 saturated carbocycles. The Morgan fingerprint density at radius 2 is 1.94 bits per heavy atom. The number of pyridine rings is 1. The topological polar surface area (TPSA) is 63.7 Å². The molecule has 1 aliphatic rings. The molecule has 1 aromatic heterocycles. The average molecular weight is 462 g/mol. The van der Waals surface area contributed by atoms with Crippen LogP contribution in [0.5, 0.6) is 0 Å². The van der Waals surface area contributed by atoms with Crippen LogP contribution in [0.3, 0.4) is 0 Å². The maximum atomic E-state index is 12.6. The van der Waals surface area contributed by atoms with Crippen molar-refractivity contribution in [2.75, 3.05) is 43.1 Å². The number of benzene rings is 2. The fraction of sp³-hybridized carbons (Fsp3) is 0.304. The Hall–Kier alpha value is -2.54. The molecule has 2 aromatic carbocycles. The third-order valence-electron chi connectivity index (χ3n) is 5.13. The number of halogens is 2. The smallest absolute Gasteiger partial charge is 0.341 e. The van der Waals surface area contributed by atoms with Crippen LogP contribution in [0, 0.1) is 6.92 Å². The Labute approximate surface area is 192 Å². The zero-order chi connectivity index (χ0) is 21.1. The van der Waals surface area contributed by atoms with Gasteiger partial charge in [-0.3, -0.25) is 4.98 Å². The lowest BCUT2D eigenvalue weighted by Gasteiger charge is -2.29. The van der Waals surface area contributed by atoms with Crippen molar-refractivity contribution < 1.29 is 14.3 Å². The summed E-state index contributed by atoms with van der Waals surface area (Å²) in [5.74, 6) is -0.419. The lowest BCUT2D eigenvalue weighted by molar-refractivity contribution is 0.0527. The van der Waals surface area contributed by atoms with Gasteiger partial charge in [-0.05, 0) is 55.8 Å². The number of hydrogen-bond acceptors (Lipinski definition) is 6. The van der Waals surface area contributed by atoms with E-state index in [0.29, 0.717) is 22.9 Å². The SMILES string of the molecule is CCOC(=O)c1cnc2c(C)cc(Cl)cc2c1Nc1ccc(N2CCOCC2)cc1.Cl. The number of anilines is 3. The first-order valence-corrected chi connectivity index (χ1v) is 10.4. The van der Waals surface area contributed by atoms with Crippen LogP contribution in [0.15, 0.2) is 42.6 Å². The molecule has 1 saturated heterocycles. The highest BCUT2D eigenvalue weighted by atomic mass is 35.5. The normalized spacial score (nSPS) is 13.6. The van der Waals surface area contributed by atoms with Crippen LogP contribution in [-0.4, -0.2) is 43.9 Å². The molecule has 2 heterocycles. The summed E-state index contributed by atoms with van der Waals surface area (Å²) in [5, 5.41) is 4.77. The monoisotopic (exact) mass is 461 g/mol. The van der Waals surface area contributed by atoms with Crippen molar-refractivity contribution in [2.45, 2.75) is 13.8 Å². The van der Waals surface area contributed by atoms with E-state index in [9.17, 15) is 4.79 Å². The summed E-state index contributed by atoms with van der Waals surface area (Å²) < 4.78 is 10.7. The van der Waals surface area contributed by atoms with E-state index >= 15 is 0 Å². The molecule has 0 amide bonds. The van der Waals surface area contributed by atoms with Crippen LogP contribution in [0.1, 0.15) is 22.8 Å². The number of esters is 1. The number of morpholine rings is 1. The standard InChI is InChI=1S/C23H24ClN3O3.ClH/c1-3-30-23(28)20-14-25-21-15(2)12-16(24)13-19(21)22(20)26-17-4-6-18(7-5-17)27-8-10-29-11-9-27;/h4-7,12-14H,3,8-11H2,1-2H3,(H,25,26);1H. The number of ether oxygens (including phenoxy) is 2. The van der Waals surface area contributed by atoms with Gasteiger partial charge in [-0.15, -0.1) is 12.4 Å². The van der Waals surface area contributed by atoms with Crippen molar-refractivity contribution in [1.82, 2.24) is 4.98 Å². The summed E-state index contributed by atoms with van der Waals surface area (Å²) >= 11 is 6.31. The minimum atomic E-state index is -0.419. The summed E-state index contributed by atoms with van der Waals surface area (Å²) in [7, 11) is 0.